The van der Waals surface area contributed by atoms with E-state index in [1.165, 1.54) is 18.6 Å². The van der Waals surface area contributed by atoms with Crippen LogP contribution < -0.4 is 5.32 Å². The second kappa shape index (κ2) is 13.9. The molecule has 2 aromatic rings. The van der Waals surface area contributed by atoms with Crippen molar-refractivity contribution in [1.29, 1.82) is 0 Å². The molecule has 3 rings (SSSR count). The Morgan fingerprint density at radius 1 is 1.15 bits per heavy atom. The maximum Gasteiger partial charge on any atom is 0.531 e. The molecule has 1 fully saturated rings. The van der Waals surface area contributed by atoms with E-state index in [1.807, 2.05) is 44.2 Å². The highest BCUT2D eigenvalue weighted by Crippen LogP contribution is 2.36. The lowest BCUT2D eigenvalue weighted by atomic mass is 9.63. The summed E-state index contributed by atoms with van der Waals surface area (Å²) in [7, 11) is -1.36. The van der Waals surface area contributed by atoms with Gasteiger partial charge in [0.25, 0.3) is 11.9 Å². The summed E-state index contributed by atoms with van der Waals surface area (Å²) in [6, 6.07) is 8.18. The molecule has 0 saturated carbocycles. The van der Waals surface area contributed by atoms with Crippen LogP contribution in [-0.2, 0) is 34.9 Å². The van der Waals surface area contributed by atoms with Crippen molar-refractivity contribution in [2.45, 2.75) is 76.8 Å². The predicted molar refractivity (Wildman–Crippen MR) is 144 cm³/mol. The van der Waals surface area contributed by atoms with E-state index in [2.05, 4.69) is 15.3 Å². The number of benzene rings is 1. The molecular formula is C28H34BN3O8. The number of carboxylic acid groups (broad SMARTS) is 1. The Kier molecular flexibility index (Phi) is 10.7. The zero-order chi connectivity index (χ0) is 29.3. The standard InChI is InChI=1S/C28H34BN3O8/c1-4-21(33)15-28(27(37)38)16-25(35)39-29(40-28)20(12-18(2)3)14-24(34)22(13-19-8-6-5-7-9-19)32-26(36)23-17-30-10-11-31-23/h5-11,17-18,20,22H,4,12-16H2,1-3H3,(H,32,36)(H,37,38)/t20-,22+,28+/m1/s1. The van der Waals surface area contributed by atoms with Crippen LogP contribution in [0.25, 0.3) is 0 Å². The molecule has 1 aliphatic heterocycles. The van der Waals surface area contributed by atoms with Crippen molar-refractivity contribution in [3.05, 3.63) is 60.2 Å². The normalized spacial score (nSPS) is 18.5. The fourth-order valence-electron chi connectivity index (χ4n) is 4.67. The Morgan fingerprint density at radius 3 is 2.48 bits per heavy atom. The van der Waals surface area contributed by atoms with Gasteiger partial charge in [-0.3, -0.25) is 24.2 Å². The van der Waals surface area contributed by atoms with Crippen LogP contribution in [0.2, 0.25) is 5.82 Å². The number of nitrogens with zero attached hydrogens (tertiary/aromatic N) is 2. The third-order valence-electron chi connectivity index (χ3n) is 6.68. The van der Waals surface area contributed by atoms with E-state index in [-0.39, 0.29) is 42.4 Å². The number of ketones is 2. The smallest absolute Gasteiger partial charge is 0.509 e. The lowest BCUT2D eigenvalue weighted by Crippen LogP contribution is -2.56. The molecule has 3 atom stereocenters. The van der Waals surface area contributed by atoms with E-state index >= 15 is 0 Å². The number of aromatic nitrogens is 2. The number of Topliss-reactive ketones (excluding diaryl/α,β-unsaturated/α-hetero) is 2. The summed E-state index contributed by atoms with van der Waals surface area (Å²) in [6.07, 6.45) is 3.44. The van der Waals surface area contributed by atoms with E-state index in [0.29, 0.717) is 6.42 Å². The minimum Gasteiger partial charge on any atom is -0.509 e. The van der Waals surface area contributed by atoms with E-state index < -0.39 is 55.3 Å². The Morgan fingerprint density at radius 2 is 1.88 bits per heavy atom. The molecule has 1 aromatic carbocycles. The number of amides is 1. The third kappa shape index (κ3) is 8.29. The molecule has 1 saturated heterocycles. The maximum atomic E-state index is 13.7. The van der Waals surface area contributed by atoms with Crippen LogP contribution in [-0.4, -0.2) is 63.2 Å². The van der Waals surface area contributed by atoms with Gasteiger partial charge in [0.05, 0.1) is 18.7 Å². The molecule has 0 bridgehead atoms. The highest BCUT2D eigenvalue weighted by Gasteiger charge is 2.54. The number of nitrogens with one attached hydrogen (secondary N) is 1. The molecule has 212 valence electrons. The van der Waals surface area contributed by atoms with Crippen molar-refractivity contribution in [2.75, 3.05) is 0 Å². The lowest BCUT2D eigenvalue weighted by molar-refractivity contribution is -0.172. The van der Waals surface area contributed by atoms with E-state index in [1.54, 1.807) is 6.92 Å². The van der Waals surface area contributed by atoms with Crippen molar-refractivity contribution in [3.63, 3.8) is 0 Å². The highest BCUT2D eigenvalue weighted by atomic mass is 16.6. The topological polar surface area (TPSA) is 162 Å². The number of carbonyl (C=O) groups excluding carboxylic acids is 4. The molecule has 1 aliphatic rings. The molecule has 1 aromatic heterocycles. The number of hydrogen-bond donors (Lipinski definition) is 2. The Balaban J connectivity index is 1.88. The van der Waals surface area contributed by atoms with Gasteiger partial charge in [-0.05, 0) is 24.3 Å². The van der Waals surface area contributed by atoms with Gasteiger partial charge < -0.3 is 19.7 Å². The van der Waals surface area contributed by atoms with E-state index in [9.17, 15) is 29.1 Å². The molecule has 11 nitrogen and oxygen atoms in total. The number of hydrogen-bond acceptors (Lipinski definition) is 9. The zero-order valence-corrected chi connectivity index (χ0v) is 22.9. The summed E-state index contributed by atoms with van der Waals surface area (Å²) < 4.78 is 11.3. The molecular weight excluding hydrogens is 517 g/mol. The van der Waals surface area contributed by atoms with Crippen LogP contribution in [0.3, 0.4) is 0 Å². The summed E-state index contributed by atoms with van der Waals surface area (Å²) in [5, 5.41) is 12.7. The summed E-state index contributed by atoms with van der Waals surface area (Å²) in [5.41, 5.74) is -1.22. The van der Waals surface area contributed by atoms with Crippen molar-refractivity contribution in [2.24, 2.45) is 5.92 Å². The van der Waals surface area contributed by atoms with Gasteiger partial charge in [-0.2, -0.15) is 0 Å². The van der Waals surface area contributed by atoms with Crippen molar-refractivity contribution in [1.82, 2.24) is 15.3 Å². The first-order chi connectivity index (χ1) is 19.0. The first kappa shape index (κ1) is 30.6. The summed E-state index contributed by atoms with van der Waals surface area (Å²) in [4.78, 5) is 71.6. The van der Waals surface area contributed by atoms with Gasteiger partial charge in [0.1, 0.15) is 11.5 Å². The fourth-order valence-corrected chi connectivity index (χ4v) is 4.67. The lowest BCUT2D eigenvalue weighted by Gasteiger charge is -2.38. The van der Waals surface area contributed by atoms with Crippen LogP contribution in [0.15, 0.2) is 48.9 Å². The van der Waals surface area contributed by atoms with Gasteiger partial charge in [0.2, 0.25) is 0 Å². The second-order valence-electron chi connectivity index (χ2n) is 10.4. The molecule has 0 spiro atoms. The van der Waals surface area contributed by atoms with Gasteiger partial charge in [-0.25, -0.2) is 9.78 Å². The second-order valence-corrected chi connectivity index (χ2v) is 10.4. The number of aliphatic carboxylic acids is 1. The molecule has 1 amide bonds. The minimum atomic E-state index is -2.07. The Hall–Kier alpha value is -3.93. The molecule has 0 radical (unpaired) electrons. The first-order valence-electron chi connectivity index (χ1n) is 13.3. The molecule has 2 N–H and O–H groups in total. The summed E-state index contributed by atoms with van der Waals surface area (Å²) >= 11 is 0. The molecule has 12 heteroatoms. The van der Waals surface area contributed by atoms with Gasteiger partial charge in [-0.1, -0.05) is 51.1 Å². The Labute approximate surface area is 233 Å². The minimum absolute atomic E-state index is 0.0280. The monoisotopic (exact) mass is 551 g/mol. The Bertz CT molecular complexity index is 1210. The molecule has 2 heterocycles. The van der Waals surface area contributed by atoms with E-state index in [0.717, 1.165) is 5.56 Å². The van der Waals surface area contributed by atoms with Crippen molar-refractivity contribution in [3.8, 4) is 0 Å². The van der Waals surface area contributed by atoms with Crippen molar-refractivity contribution < 1.29 is 38.4 Å². The molecule has 0 aliphatic carbocycles. The number of carboxylic acids is 1. The van der Waals surface area contributed by atoms with E-state index in [4.69, 9.17) is 9.31 Å². The summed E-state index contributed by atoms with van der Waals surface area (Å²) in [5.74, 6) is -4.26. The predicted octanol–water partition coefficient (Wildman–Crippen LogP) is 2.84. The maximum absolute atomic E-state index is 13.7. The number of rotatable bonds is 14. The summed E-state index contributed by atoms with van der Waals surface area (Å²) in [6.45, 7) is 5.41. The van der Waals surface area contributed by atoms with Gasteiger partial charge in [0.15, 0.2) is 11.4 Å². The molecule has 40 heavy (non-hydrogen) atoms. The largest absolute Gasteiger partial charge is 0.531 e. The average Bonchev–Trinajstić information content (AvgIpc) is 2.92. The van der Waals surface area contributed by atoms with Gasteiger partial charge in [-0.15, -0.1) is 0 Å². The quantitative estimate of drug-likeness (QED) is 0.334. The average molecular weight is 551 g/mol. The fraction of sp³-hybridized carbons (Fsp3) is 0.464. The highest BCUT2D eigenvalue weighted by molar-refractivity contribution is 6.50. The van der Waals surface area contributed by atoms with Crippen LogP contribution >= 0.6 is 0 Å². The van der Waals surface area contributed by atoms with Crippen LogP contribution in [0, 0.1) is 5.92 Å². The first-order valence-corrected chi connectivity index (χ1v) is 13.3. The number of carbonyl (C=O) groups is 5. The SMILES string of the molecule is CCC(=O)C[C@@]1(C(=O)O)CC(=O)OB([C@@H](CC(=O)[C@H](Cc2ccccc2)NC(=O)c2cnccn2)CC(C)C)O1. The van der Waals surface area contributed by atoms with Crippen molar-refractivity contribution >= 4 is 36.5 Å². The zero-order valence-electron chi connectivity index (χ0n) is 22.9. The van der Waals surface area contributed by atoms with Gasteiger partial charge >= 0.3 is 13.1 Å². The van der Waals surface area contributed by atoms with Crippen LogP contribution in [0.5, 0.6) is 0 Å². The third-order valence-corrected chi connectivity index (χ3v) is 6.68. The molecule has 0 unspecified atom stereocenters. The van der Waals surface area contributed by atoms with Gasteiger partial charge in [0, 0.05) is 37.5 Å². The van der Waals surface area contributed by atoms with Crippen LogP contribution in [0.4, 0.5) is 0 Å². The van der Waals surface area contributed by atoms with Crippen LogP contribution in [0.1, 0.15) is 68.9 Å².